The fourth-order valence-electron chi connectivity index (χ4n) is 3.33. The zero-order valence-electron chi connectivity index (χ0n) is 14.0. The van der Waals surface area contributed by atoms with Crippen molar-refractivity contribution in [2.45, 2.75) is 5.92 Å². The van der Waals surface area contributed by atoms with Crippen LogP contribution in [0.3, 0.4) is 0 Å². The van der Waals surface area contributed by atoms with Crippen molar-refractivity contribution < 1.29 is 4.79 Å². The van der Waals surface area contributed by atoms with Crippen molar-refractivity contribution >= 4 is 11.6 Å². The number of carbonyl (C=O) groups is 1. The normalized spacial score (nSPS) is 19.9. The van der Waals surface area contributed by atoms with Crippen molar-refractivity contribution in [3.8, 4) is 5.69 Å². The molecule has 1 aliphatic heterocycles. The number of anilines is 1. The van der Waals surface area contributed by atoms with E-state index in [0.717, 1.165) is 23.5 Å². The summed E-state index contributed by atoms with van der Waals surface area (Å²) in [6.45, 7) is 1.46. The van der Waals surface area contributed by atoms with Crippen LogP contribution >= 0.6 is 0 Å². The maximum Gasteiger partial charge on any atom is 0.229 e. The minimum Gasteiger partial charge on any atom is -0.326 e. The minimum atomic E-state index is -0.110. The molecule has 2 aromatic heterocycles. The van der Waals surface area contributed by atoms with Gasteiger partial charge in [0.05, 0.1) is 18.4 Å². The van der Waals surface area contributed by atoms with Crippen LogP contribution in [-0.4, -0.2) is 38.3 Å². The van der Waals surface area contributed by atoms with Crippen LogP contribution in [0.2, 0.25) is 0 Å². The summed E-state index contributed by atoms with van der Waals surface area (Å²) in [5.74, 6) is 0.0632. The molecule has 0 spiro atoms. The Hall–Kier alpha value is -2.93. The van der Waals surface area contributed by atoms with E-state index in [2.05, 4.69) is 20.7 Å². The number of rotatable bonds is 4. The van der Waals surface area contributed by atoms with E-state index in [4.69, 9.17) is 0 Å². The number of carbonyl (C=O) groups excluding carboxylic acids is 1. The van der Waals surface area contributed by atoms with E-state index < -0.39 is 0 Å². The molecule has 1 fully saturated rings. The van der Waals surface area contributed by atoms with Crippen molar-refractivity contribution in [3.63, 3.8) is 0 Å². The summed E-state index contributed by atoms with van der Waals surface area (Å²) < 4.78 is 3.68. The second-order valence-electron chi connectivity index (χ2n) is 6.33. The van der Waals surface area contributed by atoms with Gasteiger partial charge in [-0.3, -0.25) is 9.48 Å². The van der Waals surface area contributed by atoms with Crippen LogP contribution in [0.1, 0.15) is 11.5 Å². The number of hydrogen-bond acceptors (Lipinski definition) is 4. The van der Waals surface area contributed by atoms with Crippen LogP contribution in [0.4, 0.5) is 5.69 Å². The molecule has 1 aromatic carbocycles. The van der Waals surface area contributed by atoms with Crippen LogP contribution in [0.5, 0.6) is 0 Å². The number of hydrogen-bond donors (Lipinski definition) is 2. The summed E-state index contributed by atoms with van der Waals surface area (Å²) >= 11 is 0. The summed E-state index contributed by atoms with van der Waals surface area (Å²) in [6.07, 6.45) is 9.17. The number of benzene rings is 1. The third-order valence-corrected chi connectivity index (χ3v) is 4.62. The van der Waals surface area contributed by atoms with Gasteiger partial charge in [-0.05, 0) is 23.8 Å². The Balaban J connectivity index is 1.51. The quantitative estimate of drug-likeness (QED) is 0.758. The summed E-state index contributed by atoms with van der Waals surface area (Å²) in [5, 5.41) is 10.6. The van der Waals surface area contributed by atoms with E-state index in [0.29, 0.717) is 6.54 Å². The Labute approximate surface area is 145 Å². The molecule has 128 valence electrons. The van der Waals surface area contributed by atoms with E-state index in [1.54, 1.807) is 17.2 Å². The van der Waals surface area contributed by atoms with Gasteiger partial charge in [-0.15, -0.1) is 0 Å². The molecule has 0 unspecified atom stereocenters. The average molecular weight is 336 g/mol. The van der Waals surface area contributed by atoms with E-state index >= 15 is 0 Å². The molecule has 2 atom stereocenters. The molecule has 25 heavy (non-hydrogen) atoms. The van der Waals surface area contributed by atoms with Crippen LogP contribution in [0.15, 0.2) is 55.4 Å². The SMILES string of the molecule is Cn1cc([C@H]2CNC[C@@H]2C(=O)Nc2cccc(-n3ccnc3)c2)cn1. The first kappa shape index (κ1) is 15.6. The summed E-state index contributed by atoms with van der Waals surface area (Å²) in [7, 11) is 1.89. The molecule has 0 saturated carbocycles. The lowest BCUT2D eigenvalue weighted by atomic mass is 9.90. The highest BCUT2D eigenvalue weighted by molar-refractivity contribution is 5.93. The topological polar surface area (TPSA) is 76.8 Å². The monoisotopic (exact) mass is 336 g/mol. The lowest BCUT2D eigenvalue weighted by molar-refractivity contribution is -0.119. The van der Waals surface area contributed by atoms with Gasteiger partial charge in [0, 0.05) is 56.0 Å². The van der Waals surface area contributed by atoms with Gasteiger partial charge in [-0.2, -0.15) is 5.10 Å². The Morgan fingerprint density at radius 1 is 1.36 bits per heavy atom. The molecule has 3 heterocycles. The van der Waals surface area contributed by atoms with Crippen LogP contribution < -0.4 is 10.6 Å². The first-order valence-electron chi connectivity index (χ1n) is 8.29. The van der Waals surface area contributed by atoms with E-state index in [1.165, 1.54) is 0 Å². The summed E-state index contributed by atoms with van der Waals surface area (Å²) in [4.78, 5) is 16.9. The molecular formula is C18H20N6O. The van der Waals surface area contributed by atoms with E-state index in [1.807, 2.05) is 54.5 Å². The smallest absolute Gasteiger partial charge is 0.229 e. The standard InChI is InChI=1S/C18H20N6O/c1-23-11-13(8-21-23)16-9-20-10-17(16)18(25)22-14-3-2-4-15(7-14)24-6-5-19-12-24/h2-8,11-12,16-17,20H,9-10H2,1H3,(H,22,25)/t16-,17+/m1/s1. The van der Waals surface area contributed by atoms with Crippen molar-refractivity contribution in [1.29, 1.82) is 0 Å². The number of imidazole rings is 1. The third-order valence-electron chi connectivity index (χ3n) is 4.62. The Morgan fingerprint density at radius 2 is 2.28 bits per heavy atom. The maximum absolute atomic E-state index is 12.8. The Kier molecular flexibility index (Phi) is 4.07. The number of aryl methyl sites for hydroxylation is 1. The van der Waals surface area contributed by atoms with Crippen molar-refractivity contribution in [3.05, 3.63) is 60.9 Å². The van der Waals surface area contributed by atoms with Gasteiger partial charge in [0.2, 0.25) is 5.91 Å². The number of amides is 1. The second-order valence-corrected chi connectivity index (χ2v) is 6.33. The molecule has 1 aliphatic rings. The highest BCUT2D eigenvalue weighted by Crippen LogP contribution is 2.29. The third kappa shape index (κ3) is 3.18. The maximum atomic E-state index is 12.8. The predicted octanol–water partition coefficient (Wildman–Crippen LogP) is 1.55. The molecule has 0 aliphatic carbocycles. The predicted molar refractivity (Wildman–Crippen MR) is 94.5 cm³/mol. The zero-order valence-corrected chi connectivity index (χ0v) is 14.0. The van der Waals surface area contributed by atoms with Gasteiger partial charge in [0.25, 0.3) is 0 Å². The van der Waals surface area contributed by atoms with Crippen LogP contribution in [0.25, 0.3) is 5.69 Å². The highest BCUT2D eigenvalue weighted by Gasteiger charge is 2.34. The average Bonchev–Trinajstić information content (AvgIpc) is 3.36. The fraction of sp³-hybridized carbons (Fsp3) is 0.278. The molecule has 2 N–H and O–H groups in total. The minimum absolute atomic E-state index is 0.0293. The first-order chi connectivity index (χ1) is 12.2. The molecule has 0 bridgehead atoms. The Morgan fingerprint density at radius 3 is 3.04 bits per heavy atom. The Bertz CT molecular complexity index is 869. The summed E-state index contributed by atoms with van der Waals surface area (Å²) in [5.41, 5.74) is 2.84. The molecule has 0 radical (unpaired) electrons. The van der Waals surface area contributed by atoms with Gasteiger partial charge in [0.1, 0.15) is 0 Å². The number of nitrogens with one attached hydrogen (secondary N) is 2. The van der Waals surface area contributed by atoms with E-state index in [9.17, 15) is 4.79 Å². The molecule has 3 aromatic rings. The van der Waals surface area contributed by atoms with E-state index in [-0.39, 0.29) is 17.7 Å². The second kappa shape index (κ2) is 6.52. The van der Waals surface area contributed by atoms with Gasteiger partial charge in [0.15, 0.2) is 0 Å². The molecule has 4 rings (SSSR count). The molecular weight excluding hydrogens is 316 g/mol. The zero-order chi connectivity index (χ0) is 17.2. The number of nitrogens with zero attached hydrogens (tertiary/aromatic N) is 4. The van der Waals surface area contributed by atoms with Crippen molar-refractivity contribution in [2.75, 3.05) is 18.4 Å². The molecule has 7 nitrogen and oxygen atoms in total. The fourth-order valence-corrected chi connectivity index (χ4v) is 3.33. The van der Waals surface area contributed by atoms with Crippen LogP contribution in [-0.2, 0) is 11.8 Å². The molecule has 1 saturated heterocycles. The molecule has 1 amide bonds. The van der Waals surface area contributed by atoms with Crippen molar-refractivity contribution in [2.24, 2.45) is 13.0 Å². The molecule has 7 heteroatoms. The van der Waals surface area contributed by atoms with Crippen molar-refractivity contribution in [1.82, 2.24) is 24.6 Å². The van der Waals surface area contributed by atoms with Gasteiger partial charge in [-0.25, -0.2) is 4.98 Å². The number of aromatic nitrogens is 4. The van der Waals surface area contributed by atoms with Gasteiger partial charge >= 0.3 is 0 Å². The highest BCUT2D eigenvalue weighted by atomic mass is 16.1. The lowest BCUT2D eigenvalue weighted by Crippen LogP contribution is -2.28. The van der Waals surface area contributed by atoms with Gasteiger partial charge < -0.3 is 15.2 Å². The van der Waals surface area contributed by atoms with Gasteiger partial charge in [-0.1, -0.05) is 6.07 Å². The first-order valence-corrected chi connectivity index (χ1v) is 8.29. The lowest BCUT2D eigenvalue weighted by Gasteiger charge is -2.17. The summed E-state index contributed by atoms with van der Waals surface area (Å²) in [6, 6.07) is 7.75. The van der Waals surface area contributed by atoms with Crippen LogP contribution in [0, 0.1) is 5.92 Å². The largest absolute Gasteiger partial charge is 0.326 e.